The summed E-state index contributed by atoms with van der Waals surface area (Å²) in [6.07, 6.45) is 1.28. The van der Waals surface area contributed by atoms with Crippen LogP contribution in [0.1, 0.15) is 66.3 Å². The lowest BCUT2D eigenvalue weighted by molar-refractivity contribution is 0.0421. The number of aryl methyl sites for hydroxylation is 2. The van der Waals surface area contributed by atoms with Gasteiger partial charge in [0.15, 0.2) is 11.5 Å². The molecule has 5 aromatic rings. The summed E-state index contributed by atoms with van der Waals surface area (Å²) in [6.45, 7) is 6.80. The van der Waals surface area contributed by atoms with Crippen molar-refractivity contribution in [2.24, 2.45) is 0 Å². The van der Waals surface area contributed by atoms with Gasteiger partial charge in [0, 0.05) is 12.0 Å². The molecule has 0 bridgehead atoms. The van der Waals surface area contributed by atoms with E-state index in [0.29, 0.717) is 23.8 Å². The second-order valence-corrected chi connectivity index (χ2v) is 10.1. The van der Waals surface area contributed by atoms with Crippen LogP contribution in [0.25, 0.3) is 22.5 Å². The highest BCUT2D eigenvalue weighted by Gasteiger charge is 2.33. The second-order valence-electron chi connectivity index (χ2n) is 10.1. The fraction of sp³-hybridized carbons (Fsp3) is 0.310. The molecular formula is C29H30N6O6. The number of aromatic nitrogens is 6. The largest absolute Gasteiger partial charge is 0.519 e. The number of nitrogens with zero attached hydrogens (tertiary/aromatic N) is 5. The van der Waals surface area contributed by atoms with Crippen molar-refractivity contribution in [2.75, 3.05) is 0 Å². The van der Waals surface area contributed by atoms with Gasteiger partial charge in [-0.05, 0) is 49.1 Å². The molecule has 0 aliphatic rings. The monoisotopic (exact) mass is 558 g/mol. The molecule has 0 spiro atoms. The van der Waals surface area contributed by atoms with Crippen molar-refractivity contribution in [3.05, 3.63) is 93.4 Å². The number of ether oxygens (including phenoxy) is 1. The highest BCUT2D eigenvalue weighted by Crippen LogP contribution is 2.31. The van der Waals surface area contributed by atoms with E-state index in [1.807, 2.05) is 55.5 Å². The summed E-state index contributed by atoms with van der Waals surface area (Å²) in [5.41, 5.74) is 2.31. The number of esters is 1. The Hall–Kier alpha value is -4.84. The molecule has 0 saturated heterocycles. The van der Waals surface area contributed by atoms with E-state index in [2.05, 4.69) is 25.6 Å². The fourth-order valence-electron chi connectivity index (χ4n) is 4.71. The summed E-state index contributed by atoms with van der Waals surface area (Å²) in [5, 5.41) is 25.3. The second kappa shape index (κ2) is 11.3. The highest BCUT2D eigenvalue weighted by atomic mass is 16.6. The third kappa shape index (κ3) is 5.87. The van der Waals surface area contributed by atoms with Crippen molar-refractivity contribution in [3.63, 3.8) is 0 Å². The molecule has 212 valence electrons. The molecular weight excluding hydrogens is 528 g/mol. The van der Waals surface area contributed by atoms with E-state index in [0.717, 1.165) is 28.7 Å². The van der Waals surface area contributed by atoms with Crippen molar-refractivity contribution < 1.29 is 23.5 Å². The maximum atomic E-state index is 13.3. The van der Waals surface area contributed by atoms with Gasteiger partial charge in [-0.25, -0.2) is 14.6 Å². The number of tetrazole rings is 1. The molecule has 0 aliphatic carbocycles. The first-order valence-electron chi connectivity index (χ1n) is 13.2. The van der Waals surface area contributed by atoms with Crippen molar-refractivity contribution in [3.8, 4) is 22.5 Å². The van der Waals surface area contributed by atoms with Crippen LogP contribution >= 0.6 is 0 Å². The summed E-state index contributed by atoms with van der Waals surface area (Å²) in [7, 11) is 0. The Morgan fingerprint density at radius 3 is 2.44 bits per heavy atom. The Kier molecular flexibility index (Phi) is 7.66. The van der Waals surface area contributed by atoms with Gasteiger partial charge in [0.1, 0.15) is 23.8 Å². The smallest absolute Gasteiger partial charge is 0.456 e. The molecule has 3 aromatic heterocycles. The number of nitrogens with one attached hydrogen (secondary N) is 1. The van der Waals surface area contributed by atoms with Crippen molar-refractivity contribution >= 4 is 5.97 Å². The quantitative estimate of drug-likeness (QED) is 0.238. The number of carbonyl (C=O) groups is 1. The first-order valence-corrected chi connectivity index (χ1v) is 13.2. The number of hydrogen-bond donors (Lipinski definition) is 2. The van der Waals surface area contributed by atoms with E-state index in [1.54, 1.807) is 25.3 Å². The zero-order chi connectivity index (χ0) is 29.1. The molecule has 3 heterocycles. The van der Waals surface area contributed by atoms with Crippen LogP contribution < -0.4 is 5.82 Å². The molecule has 0 atom stereocenters. The fourth-order valence-corrected chi connectivity index (χ4v) is 4.71. The molecule has 0 amide bonds. The molecule has 0 radical (unpaired) electrons. The Labute approximate surface area is 235 Å². The topological polar surface area (TPSA) is 162 Å². The Morgan fingerprint density at radius 1 is 1.10 bits per heavy atom. The summed E-state index contributed by atoms with van der Waals surface area (Å²) in [6, 6.07) is 15.3. The van der Waals surface area contributed by atoms with Gasteiger partial charge in [0.25, 0.3) is 0 Å². The van der Waals surface area contributed by atoms with Crippen LogP contribution in [-0.4, -0.2) is 41.3 Å². The minimum Gasteiger partial charge on any atom is -0.456 e. The van der Waals surface area contributed by atoms with E-state index in [1.165, 1.54) is 0 Å². The van der Waals surface area contributed by atoms with Gasteiger partial charge in [-0.3, -0.25) is 0 Å². The van der Waals surface area contributed by atoms with E-state index < -0.39 is 17.4 Å². The normalized spacial score (nSPS) is 11.6. The van der Waals surface area contributed by atoms with Gasteiger partial charge in [-0.2, -0.15) is 5.21 Å². The third-order valence-electron chi connectivity index (χ3n) is 6.58. The maximum Gasteiger partial charge on any atom is 0.519 e. The van der Waals surface area contributed by atoms with Gasteiger partial charge < -0.3 is 23.2 Å². The summed E-state index contributed by atoms with van der Waals surface area (Å²) in [4.78, 5) is 29.5. The van der Waals surface area contributed by atoms with Crippen LogP contribution in [0.5, 0.6) is 0 Å². The number of rotatable bonds is 10. The van der Waals surface area contributed by atoms with Gasteiger partial charge in [0.2, 0.25) is 5.82 Å². The van der Waals surface area contributed by atoms with Gasteiger partial charge in [-0.15, -0.1) is 10.2 Å². The van der Waals surface area contributed by atoms with Crippen LogP contribution in [0.3, 0.4) is 0 Å². The molecule has 12 heteroatoms. The zero-order valence-corrected chi connectivity index (χ0v) is 23.2. The molecule has 0 unspecified atom stereocenters. The van der Waals surface area contributed by atoms with E-state index in [9.17, 15) is 14.7 Å². The van der Waals surface area contributed by atoms with Gasteiger partial charge in [-0.1, -0.05) is 55.5 Å². The molecule has 12 nitrogen and oxygen atoms in total. The number of H-pyrrole nitrogens is 1. The molecule has 0 fully saturated rings. The zero-order valence-electron chi connectivity index (χ0n) is 23.2. The van der Waals surface area contributed by atoms with Crippen LogP contribution in [0.2, 0.25) is 0 Å². The Balaban J connectivity index is 1.38. The summed E-state index contributed by atoms with van der Waals surface area (Å²) < 4.78 is 17.5. The molecule has 0 aliphatic heterocycles. The average Bonchev–Trinajstić information content (AvgIpc) is 3.67. The number of hydrogen-bond acceptors (Lipinski definition) is 10. The van der Waals surface area contributed by atoms with Crippen molar-refractivity contribution in [1.82, 2.24) is 30.2 Å². The Bertz CT molecular complexity index is 1710. The minimum atomic E-state index is -1.45. The standard InChI is InChI=1S/C29H30N6O6/c1-5-8-23-30-24(25(29(3,4)38)35(23)15-22-17(2)40-28(37)41-22)27(36)39-16-18-11-13-19(14-12-18)20-9-6-7-10-21(20)26-31-33-34-32-26/h6-7,9-14,38H,5,8,15-16H2,1-4H3,(H,31,32,33,34). The molecule has 0 saturated carbocycles. The molecule has 2 aromatic carbocycles. The SMILES string of the molecule is CCCc1nc(C(=O)OCc2ccc(-c3ccccc3-c3nn[nH]n3)cc2)c(C(C)(C)O)n1Cc1oc(=O)oc1C. The number of benzene rings is 2. The predicted molar refractivity (Wildman–Crippen MR) is 147 cm³/mol. The first-order chi connectivity index (χ1) is 19.7. The van der Waals surface area contributed by atoms with Crippen molar-refractivity contribution in [2.45, 2.75) is 59.3 Å². The number of carbonyl (C=O) groups excluding carboxylic acids is 1. The van der Waals surface area contributed by atoms with Crippen molar-refractivity contribution in [1.29, 1.82) is 0 Å². The molecule has 5 rings (SSSR count). The van der Waals surface area contributed by atoms with Crippen LogP contribution in [0.4, 0.5) is 0 Å². The lowest BCUT2D eigenvalue weighted by Gasteiger charge is -2.21. The highest BCUT2D eigenvalue weighted by molar-refractivity contribution is 5.89. The number of aromatic amines is 1. The third-order valence-corrected chi connectivity index (χ3v) is 6.58. The lowest BCUT2D eigenvalue weighted by atomic mass is 9.98. The molecule has 2 N–H and O–H groups in total. The van der Waals surface area contributed by atoms with Crippen LogP contribution in [0, 0.1) is 6.92 Å². The van der Waals surface area contributed by atoms with E-state index in [4.69, 9.17) is 13.6 Å². The van der Waals surface area contributed by atoms with Gasteiger partial charge in [0.05, 0.1) is 12.2 Å². The van der Waals surface area contributed by atoms with Crippen LogP contribution in [-0.2, 0) is 29.9 Å². The van der Waals surface area contributed by atoms with Gasteiger partial charge >= 0.3 is 11.8 Å². The summed E-state index contributed by atoms with van der Waals surface area (Å²) >= 11 is 0. The predicted octanol–water partition coefficient (Wildman–Crippen LogP) is 4.17. The van der Waals surface area contributed by atoms with Crippen LogP contribution in [0.15, 0.2) is 62.2 Å². The van der Waals surface area contributed by atoms with E-state index in [-0.39, 0.29) is 30.3 Å². The number of imidazole rings is 1. The lowest BCUT2D eigenvalue weighted by Crippen LogP contribution is -2.25. The first kappa shape index (κ1) is 27.7. The average molecular weight is 559 g/mol. The summed E-state index contributed by atoms with van der Waals surface area (Å²) in [5.74, 6) is 0.174. The maximum absolute atomic E-state index is 13.3. The molecule has 41 heavy (non-hydrogen) atoms. The minimum absolute atomic E-state index is 0.00256. The Morgan fingerprint density at radius 2 is 1.83 bits per heavy atom. The van der Waals surface area contributed by atoms with E-state index >= 15 is 0 Å². The number of aliphatic hydroxyl groups is 1.